The molecule has 0 saturated heterocycles. The maximum atomic E-state index is 14.3. The van der Waals surface area contributed by atoms with Crippen molar-refractivity contribution < 1.29 is 22.4 Å². The number of hydrogen-bond donors (Lipinski definition) is 0. The smallest absolute Gasteiger partial charge is 0.169 e. The molecule has 2 aromatic rings. The summed E-state index contributed by atoms with van der Waals surface area (Å²) in [5.41, 5.74) is 0.773. The minimum atomic E-state index is -1.20. The van der Waals surface area contributed by atoms with Crippen LogP contribution in [0.5, 0.6) is 0 Å². The zero-order chi connectivity index (χ0) is 18.8. The zero-order valence-corrected chi connectivity index (χ0v) is 14.5. The largest absolute Gasteiger partial charge is 0.298 e. The predicted octanol–water partition coefficient (Wildman–Crippen LogP) is 5.94. The third-order valence-electron chi connectivity index (χ3n) is 5.22. The van der Waals surface area contributed by atoms with Crippen molar-refractivity contribution >= 4 is 6.29 Å². The van der Waals surface area contributed by atoms with Crippen molar-refractivity contribution in [2.75, 3.05) is 0 Å². The Hall–Kier alpha value is -2.17. The van der Waals surface area contributed by atoms with Gasteiger partial charge in [0.1, 0.15) is 0 Å². The summed E-state index contributed by atoms with van der Waals surface area (Å²) in [4.78, 5) is 10.9. The van der Waals surface area contributed by atoms with E-state index in [-0.39, 0.29) is 24.2 Å². The maximum Gasteiger partial charge on any atom is 0.169 e. The number of halogens is 4. The quantitative estimate of drug-likeness (QED) is 0.485. The van der Waals surface area contributed by atoms with Crippen LogP contribution in [-0.4, -0.2) is 6.29 Å². The molecular formula is C21H20F4O. The Labute approximate surface area is 150 Å². The van der Waals surface area contributed by atoms with Crippen LogP contribution in [0.15, 0.2) is 24.3 Å². The molecular weight excluding hydrogens is 344 g/mol. The molecule has 0 radical (unpaired) electrons. The van der Waals surface area contributed by atoms with Gasteiger partial charge in [0.15, 0.2) is 29.6 Å². The van der Waals surface area contributed by atoms with E-state index in [9.17, 15) is 22.4 Å². The van der Waals surface area contributed by atoms with Gasteiger partial charge in [-0.25, -0.2) is 17.6 Å². The Morgan fingerprint density at radius 1 is 0.885 bits per heavy atom. The Morgan fingerprint density at radius 3 is 2.08 bits per heavy atom. The minimum Gasteiger partial charge on any atom is -0.298 e. The molecule has 0 heterocycles. The van der Waals surface area contributed by atoms with E-state index in [1.165, 1.54) is 6.07 Å². The summed E-state index contributed by atoms with van der Waals surface area (Å²) in [6.45, 7) is 2.15. The first-order valence-electron chi connectivity index (χ1n) is 8.80. The highest BCUT2D eigenvalue weighted by Crippen LogP contribution is 2.37. The molecule has 1 aliphatic carbocycles. The van der Waals surface area contributed by atoms with Gasteiger partial charge in [0.25, 0.3) is 0 Å². The van der Waals surface area contributed by atoms with Crippen LogP contribution in [0.25, 0.3) is 0 Å². The average molecular weight is 364 g/mol. The Balaban J connectivity index is 1.92. The van der Waals surface area contributed by atoms with Gasteiger partial charge in [0.2, 0.25) is 0 Å². The van der Waals surface area contributed by atoms with Gasteiger partial charge >= 0.3 is 0 Å². The number of hydrogen-bond acceptors (Lipinski definition) is 1. The topological polar surface area (TPSA) is 17.1 Å². The fourth-order valence-corrected chi connectivity index (χ4v) is 3.73. The summed E-state index contributed by atoms with van der Waals surface area (Å²) in [7, 11) is 0. The van der Waals surface area contributed by atoms with Crippen LogP contribution in [0.4, 0.5) is 17.6 Å². The van der Waals surface area contributed by atoms with Crippen molar-refractivity contribution in [2.24, 2.45) is 5.92 Å². The summed E-state index contributed by atoms with van der Waals surface area (Å²) in [6, 6.07) is 4.90. The number of aldehydes is 1. The molecule has 0 atom stereocenters. The van der Waals surface area contributed by atoms with Gasteiger partial charge in [-0.2, -0.15) is 0 Å². The second-order valence-electron chi connectivity index (χ2n) is 7.21. The molecule has 26 heavy (non-hydrogen) atoms. The Kier molecular flexibility index (Phi) is 5.44. The number of carbonyl (C=O) groups excluding carboxylic acids is 1. The molecule has 1 nitrogen and oxygen atoms in total. The summed E-state index contributed by atoms with van der Waals surface area (Å²) in [6.07, 6.45) is 3.89. The fourth-order valence-electron chi connectivity index (χ4n) is 3.73. The molecule has 0 unspecified atom stereocenters. The monoisotopic (exact) mass is 364 g/mol. The highest BCUT2D eigenvalue weighted by molar-refractivity contribution is 5.75. The normalized spacial score (nSPS) is 20.2. The van der Waals surface area contributed by atoms with Gasteiger partial charge in [-0.1, -0.05) is 25.8 Å². The van der Waals surface area contributed by atoms with E-state index in [0.717, 1.165) is 37.8 Å². The molecule has 0 aliphatic heterocycles. The van der Waals surface area contributed by atoms with Crippen molar-refractivity contribution in [1.29, 1.82) is 0 Å². The summed E-state index contributed by atoms with van der Waals surface area (Å²) in [5, 5.41) is 0. The van der Waals surface area contributed by atoms with E-state index in [4.69, 9.17) is 0 Å². The van der Waals surface area contributed by atoms with Crippen molar-refractivity contribution in [1.82, 2.24) is 0 Å². The molecule has 5 heteroatoms. The molecule has 0 spiro atoms. The van der Waals surface area contributed by atoms with Crippen LogP contribution in [0, 0.1) is 29.2 Å². The van der Waals surface area contributed by atoms with Crippen molar-refractivity contribution in [3.05, 3.63) is 69.8 Å². The van der Waals surface area contributed by atoms with Crippen LogP contribution in [0.2, 0.25) is 0 Å². The van der Waals surface area contributed by atoms with Gasteiger partial charge in [-0.15, -0.1) is 0 Å². The third kappa shape index (κ3) is 3.81. The van der Waals surface area contributed by atoms with E-state index in [2.05, 4.69) is 6.92 Å². The lowest BCUT2D eigenvalue weighted by Crippen LogP contribution is -2.13. The molecule has 3 rings (SSSR count). The minimum absolute atomic E-state index is 0.0314. The Bertz CT molecular complexity index is 823. The molecule has 0 N–H and O–H groups in total. The molecule has 0 aromatic heterocycles. The molecule has 0 amide bonds. The van der Waals surface area contributed by atoms with Gasteiger partial charge in [0, 0.05) is 0 Å². The van der Waals surface area contributed by atoms with Crippen LogP contribution in [0.3, 0.4) is 0 Å². The first-order valence-corrected chi connectivity index (χ1v) is 8.80. The van der Waals surface area contributed by atoms with E-state index in [1.54, 1.807) is 6.07 Å². The lowest BCUT2D eigenvalue weighted by atomic mass is 9.79. The molecule has 1 aliphatic rings. The average Bonchev–Trinajstić information content (AvgIpc) is 2.61. The van der Waals surface area contributed by atoms with E-state index >= 15 is 0 Å². The first-order chi connectivity index (χ1) is 12.4. The molecule has 138 valence electrons. The Morgan fingerprint density at radius 2 is 1.46 bits per heavy atom. The van der Waals surface area contributed by atoms with E-state index < -0.39 is 23.3 Å². The third-order valence-corrected chi connectivity index (χ3v) is 5.22. The van der Waals surface area contributed by atoms with Gasteiger partial charge in [-0.05, 0) is 66.0 Å². The lowest BCUT2D eigenvalue weighted by molar-refractivity contribution is 0.111. The van der Waals surface area contributed by atoms with Crippen LogP contribution >= 0.6 is 0 Å². The highest BCUT2D eigenvalue weighted by atomic mass is 19.2. The predicted molar refractivity (Wildman–Crippen MR) is 91.3 cm³/mol. The highest BCUT2D eigenvalue weighted by Gasteiger charge is 2.24. The van der Waals surface area contributed by atoms with Crippen LogP contribution in [0.1, 0.15) is 65.6 Å². The fraction of sp³-hybridized carbons (Fsp3) is 0.381. The first kappa shape index (κ1) is 18.6. The molecule has 1 fully saturated rings. The van der Waals surface area contributed by atoms with E-state index in [1.807, 2.05) is 0 Å². The summed E-state index contributed by atoms with van der Waals surface area (Å²) >= 11 is 0. The van der Waals surface area contributed by atoms with Gasteiger partial charge in [-0.3, -0.25) is 4.79 Å². The van der Waals surface area contributed by atoms with E-state index in [0.29, 0.717) is 22.6 Å². The second-order valence-corrected chi connectivity index (χ2v) is 7.21. The molecule has 1 saturated carbocycles. The number of carbonyl (C=O) groups is 1. The van der Waals surface area contributed by atoms with Crippen molar-refractivity contribution in [3.63, 3.8) is 0 Å². The SMILES string of the molecule is CC1CCC(c2cc(Cc3cc(F)c(F)c(C=O)c3)cc(F)c2F)CC1. The molecule has 0 bridgehead atoms. The lowest BCUT2D eigenvalue weighted by Gasteiger charge is -2.27. The summed E-state index contributed by atoms with van der Waals surface area (Å²) < 4.78 is 55.5. The zero-order valence-electron chi connectivity index (χ0n) is 14.5. The number of benzene rings is 2. The standard InChI is InChI=1S/C21H20F4O/c1-12-2-4-15(5-3-12)17-8-14(10-19(23)21(17)25)6-13-7-16(11-26)20(24)18(22)9-13/h7-12,15H,2-6H2,1H3. The molecule has 2 aromatic carbocycles. The van der Waals surface area contributed by atoms with Crippen molar-refractivity contribution in [3.8, 4) is 0 Å². The van der Waals surface area contributed by atoms with Crippen LogP contribution < -0.4 is 0 Å². The maximum absolute atomic E-state index is 14.3. The van der Waals surface area contributed by atoms with Crippen molar-refractivity contribution in [2.45, 2.75) is 44.9 Å². The second kappa shape index (κ2) is 7.60. The van der Waals surface area contributed by atoms with Crippen LogP contribution in [-0.2, 0) is 6.42 Å². The number of rotatable bonds is 4. The van der Waals surface area contributed by atoms with Gasteiger partial charge < -0.3 is 0 Å². The summed E-state index contributed by atoms with van der Waals surface area (Å²) in [5.74, 6) is -3.54. The van der Waals surface area contributed by atoms with Gasteiger partial charge in [0.05, 0.1) is 5.56 Å².